The maximum Gasteiger partial charge on any atom is 0.468 e. The molecule has 0 radical (unpaired) electrons. The van der Waals surface area contributed by atoms with Gasteiger partial charge >= 0.3 is 35.1 Å². The standard InChI is InChI=1S/C19H25F7O8S/c1-12(2)14(27)34-17(18(22,23)24,15(28)33-13-8-4-3-5-9-13)32-11-7-6-10-16(20,21)19(25,26)35(29,30)31/h13H,1,3-11H2,2H3,(H,29,30,31)/p-1. The molecule has 204 valence electrons. The van der Waals surface area contributed by atoms with Gasteiger partial charge in [0.05, 0.1) is 6.61 Å². The Labute approximate surface area is 196 Å². The van der Waals surface area contributed by atoms with Gasteiger partial charge in [-0.2, -0.15) is 30.7 Å². The van der Waals surface area contributed by atoms with Crippen LogP contribution < -0.4 is 0 Å². The Balaban J connectivity index is 3.02. The van der Waals surface area contributed by atoms with Gasteiger partial charge in [-0.3, -0.25) is 0 Å². The number of unbranched alkanes of at least 4 members (excludes halogenated alkanes) is 1. The Morgan fingerprint density at radius 1 is 1.00 bits per heavy atom. The van der Waals surface area contributed by atoms with Crippen LogP contribution >= 0.6 is 0 Å². The molecule has 0 saturated heterocycles. The third-order valence-electron chi connectivity index (χ3n) is 4.98. The summed E-state index contributed by atoms with van der Waals surface area (Å²) in [5.74, 6) is -13.4. The Bertz CT molecular complexity index is 882. The summed E-state index contributed by atoms with van der Waals surface area (Å²) in [4.78, 5) is 24.4. The van der Waals surface area contributed by atoms with E-state index in [9.17, 15) is 53.3 Å². The lowest BCUT2D eigenvalue weighted by Crippen LogP contribution is -2.59. The zero-order chi connectivity index (χ0) is 27.3. The number of esters is 2. The first-order valence-electron chi connectivity index (χ1n) is 10.3. The number of halogens is 7. The van der Waals surface area contributed by atoms with E-state index < -0.39 is 82.7 Å². The molecule has 1 fully saturated rings. The van der Waals surface area contributed by atoms with Crippen LogP contribution in [0, 0.1) is 0 Å². The van der Waals surface area contributed by atoms with E-state index in [2.05, 4.69) is 16.1 Å². The number of ether oxygens (including phenoxy) is 3. The SMILES string of the molecule is C=C(C)C(=O)OC(OCCCCC(F)(F)C(F)(F)S(=O)(=O)[O-])(C(=O)OC1CCCCC1)C(F)(F)F. The molecule has 35 heavy (non-hydrogen) atoms. The Morgan fingerprint density at radius 3 is 2.00 bits per heavy atom. The fraction of sp³-hybridized carbons (Fsp3) is 0.789. The molecule has 16 heteroatoms. The molecule has 0 bridgehead atoms. The van der Waals surface area contributed by atoms with Crippen LogP contribution in [0.15, 0.2) is 12.2 Å². The van der Waals surface area contributed by atoms with Gasteiger partial charge in [0.15, 0.2) is 10.1 Å². The van der Waals surface area contributed by atoms with Crippen molar-refractivity contribution in [3.05, 3.63) is 12.2 Å². The normalized spacial score (nSPS) is 18.0. The van der Waals surface area contributed by atoms with Crippen molar-refractivity contribution < 1.29 is 67.5 Å². The minimum Gasteiger partial charge on any atom is -0.743 e. The number of carbonyl (C=O) groups excluding carboxylic acids is 2. The Morgan fingerprint density at radius 2 is 1.54 bits per heavy atom. The molecule has 0 aromatic rings. The highest BCUT2D eigenvalue weighted by molar-refractivity contribution is 7.86. The molecule has 8 nitrogen and oxygen atoms in total. The van der Waals surface area contributed by atoms with Gasteiger partial charge in [-0.1, -0.05) is 13.0 Å². The molecule has 0 N–H and O–H groups in total. The van der Waals surface area contributed by atoms with Gasteiger partial charge in [-0.05, 0) is 45.4 Å². The van der Waals surface area contributed by atoms with Crippen LogP contribution in [-0.4, -0.2) is 60.8 Å². The highest BCUT2D eigenvalue weighted by Gasteiger charge is 2.68. The van der Waals surface area contributed by atoms with Gasteiger partial charge in [0.2, 0.25) is 0 Å². The second-order valence-electron chi connectivity index (χ2n) is 7.93. The van der Waals surface area contributed by atoms with Crippen molar-refractivity contribution in [2.45, 2.75) is 87.5 Å². The highest BCUT2D eigenvalue weighted by Crippen LogP contribution is 2.42. The van der Waals surface area contributed by atoms with Crippen LogP contribution in [-0.2, 0) is 33.9 Å². The molecule has 1 aliphatic rings. The van der Waals surface area contributed by atoms with E-state index in [0.29, 0.717) is 12.8 Å². The third kappa shape index (κ3) is 7.52. The van der Waals surface area contributed by atoms with Crippen LogP contribution in [0.5, 0.6) is 0 Å². The minimum absolute atomic E-state index is 0.236. The number of carbonyl (C=O) groups is 2. The van der Waals surface area contributed by atoms with Crippen LogP contribution in [0.3, 0.4) is 0 Å². The maximum atomic E-state index is 13.9. The summed E-state index contributed by atoms with van der Waals surface area (Å²) in [6, 6.07) is 0. The third-order valence-corrected chi connectivity index (χ3v) is 5.91. The van der Waals surface area contributed by atoms with E-state index in [1.54, 1.807) is 0 Å². The van der Waals surface area contributed by atoms with Gasteiger partial charge in [-0.25, -0.2) is 18.0 Å². The van der Waals surface area contributed by atoms with Crippen molar-refractivity contribution >= 4 is 22.1 Å². The number of alkyl halides is 7. The van der Waals surface area contributed by atoms with E-state index in [1.807, 2.05) is 0 Å². The molecular formula is C19H24F7O8S-. The van der Waals surface area contributed by atoms with Crippen LogP contribution in [0.25, 0.3) is 0 Å². The smallest absolute Gasteiger partial charge is 0.468 e. The second-order valence-corrected chi connectivity index (χ2v) is 9.35. The number of hydrogen-bond acceptors (Lipinski definition) is 8. The summed E-state index contributed by atoms with van der Waals surface area (Å²) in [5, 5.41) is -5.96. The molecule has 0 aromatic carbocycles. The highest BCUT2D eigenvalue weighted by atomic mass is 32.2. The fourth-order valence-electron chi connectivity index (χ4n) is 3.01. The zero-order valence-corrected chi connectivity index (χ0v) is 19.3. The van der Waals surface area contributed by atoms with E-state index in [4.69, 9.17) is 4.74 Å². The average Bonchev–Trinajstić information content (AvgIpc) is 2.71. The maximum absolute atomic E-state index is 13.9. The van der Waals surface area contributed by atoms with Gasteiger partial charge in [0.25, 0.3) is 0 Å². The van der Waals surface area contributed by atoms with Crippen LogP contribution in [0.1, 0.15) is 58.3 Å². The quantitative estimate of drug-likeness (QED) is 0.0894. The molecule has 1 unspecified atom stereocenters. The predicted octanol–water partition coefficient (Wildman–Crippen LogP) is 4.20. The molecule has 0 aliphatic heterocycles. The van der Waals surface area contributed by atoms with E-state index in [0.717, 1.165) is 13.3 Å². The molecular weight excluding hydrogens is 521 g/mol. The van der Waals surface area contributed by atoms with Crippen molar-refractivity contribution in [1.29, 1.82) is 0 Å². The summed E-state index contributed by atoms with van der Waals surface area (Å²) in [6.45, 7) is 2.84. The average molecular weight is 545 g/mol. The van der Waals surface area contributed by atoms with Crippen molar-refractivity contribution in [3.63, 3.8) is 0 Å². The molecule has 1 saturated carbocycles. The lowest BCUT2D eigenvalue weighted by molar-refractivity contribution is -0.356. The van der Waals surface area contributed by atoms with Gasteiger partial charge < -0.3 is 18.8 Å². The zero-order valence-electron chi connectivity index (χ0n) is 18.5. The predicted molar refractivity (Wildman–Crippen MR) is 102 cm³/mol. The monoisotopic (exact) mass is 545 g/mol. The fourth-order valence-corrected chi connectivity index (χ4v) is 3.48. The van der Waals surface area contributed by atoms with E-state index in [-0.39, 0.29) is 12.8 Å². The van der Waals surface area contributed by atoms with Crippen molar-refractivity contribution in [2.24, 2.45) is 0 Å². The summed E-state index contributed by atoms with van der Waals surface area (Å²) < 4.78 is 140. The summed E-state index contributed by atoms with van der Waals surface area (Å²) in [5.41, 5.74) is -0.548. The molecule has 1 rings (SSSR count). The van der Waals surface area contributed by atoms with Crippen molar-refractivity contribution in [2.75, 3.05) is 6.61 Å². The number of hydrogen-bond donors (Lipinski definition) is 0. The lowest BCUT2D eigenvalue weighted by Gasteiger charge is -2.34. The summed E-state index contributed by atoms with van der Waals surface area (Å²) in [6.07, 6.45) is -8.12. The minimum atomic E-state index is -6.73. The molecule has 1 aliphatic carbocycles. The second kappa shape index (κ2) is 11.4. The summed E-state index contributed by atoms with van der Waals surface area (Å²) >= 11 is 0. The topological polar surface area (TPSA) is 119 Å². The number of rotatable bonds is 12. The van der Waals surface area contributed by atoms with E-state index in [1.165, 1.54) is 0 Å². The van der Waals surface area contributed by atoms with E-state index >= 15 is 0 Å². The Hall–Kier alpha value is -1.94. The van der Waals surface area contributed by atoms with Crippen LogP contribution in [0.4, 0.5) is 30.7 Å². The first kappa shape index (κ1) is 31.1. The first-order valence-corrected chi connectivity index (χ1v) is 11.7. The molecule has 0 spiro atoms. The van der Waals surface area contributed by atoms with Crippen LogP contribution in [0.2, 0.25) is 0 Å². The summed E-state index contributed by atoms with van der Waals surface area (Å²) in [7, 11) is -6.73. The molecule has 1 atom stereocenters. The first-order chi connectivity index (χ1) is 15.8. The van der Waals surface area contributed by atoms with Gasteiger partial charge in [0, 0.05) is 12.0 Å². The molecule has 0 aromatic heterocycles. The molecule has 0 amide bonds. The Kier molecular flexibility index (Phi) is 10.1. The van der Waals surface area contributed by atoms with Gasteiger partial charge in [0.1, 0.15) is 6.10 Å². The lowest BCUT2D eigenvalue weighted by atomic mass is 9.98. The van der Waals surface area contributed by atoms with Crippen molar-refractivity contribution in [3.8, 4) is 0 Å². The van der Waals surface area contributed by atoms with Crippen molar-refractivity contribution in [1.82, 2.24) is 0 Å². The van der Waals surface area contributed by atoms with Gasteiger partial charge in [-0.15, -0.1) is 0 Å². The largest absolute Gasteiger partial charge is 0.743 e. The molecule has 0 heterocycles.